The van der Waals surface area contributed by atoms with Crippen molar-refractivity contribution >= 4 is 11.5 Å². The predicted molar refractivity (Wildman–Crippen MR) is 79.9 cm³/mol. The number of benzene rings is 1. The number of aliphatic hydroxyl groups is 1. The first-order valence-corrected chi connectivity index (χ1v) is 6.79. The largest absolute Gasteiger partial charge is 0.478 e. The molecule has 0 aliphatic heterocycles. The summed E-state index contributed by atoms with van der Waals surface area (Å²) in [5.74, 6) is -1.07. The van der Waals surface area contributed by atoms with Crippen LogP contribution in [0.15, 0.2) is 39.6 Å². The molecule has 0 radical (unpaired) electrons. The fourth-order valence-corrected chi connectivity index (χ4v) is 2.96. The van der Waals surface area contributed by atoms with Gasteiger partial charge in [-0.05, 0) is 42.2 Å². The molecule has 0 saturated carbocycles. The third kappa shape index (κ3) is 1.98. The number of hydrogen-bond donors (Lipinski definition) is 2. The number of aliphatic hydroxyl groups excluding tert-OH is 1. The molecule has 5 nitrogen and oxygen atoms in total. The van der Waals surface area contributed by atoms with E-state index in [1.807, 2.05) is 0 Å². The lowest BCUT2D eigenvalue weighted by Gasteiger charge is -2.11. The Morgan fingerprint density at radius 2 is 1.91 bits per heavy atom. The maximum Gasteiger partial charge on any atom is 0.344 e. The first-order valence-electron chi connectivity index (χ1n) is 6.79. The number of carboxylic acids is 1. The summed E-state index contributed by atoms with van der Waals surface area (Å²) in [7, 11) is 0. The molecule has 0 spiro atoms. The van der Waals surface area contributed by atoms with Crippen LogP contribution in [-0.4, -0.2) is 16.2 Å². The van der Waals surface area contributed by atoms with Gasteiger partial charge in [0, 0.05) is 0 Å². The standard InChI is InChI=1S/C17H14O5/c1-8-14(16(19)20)9(2)22-17(21)15(8)12-7-13(18)11-6-4-3-5-10(11)12/h3-7,13,18H,1-2H3,(H,19,20). The fraction of sp³-hybridized carbons (Fsp3) is 0.176. The third-order valence-corrected chi connectivity index (χ3v) is 3.93. The van der Waals surface area contributed by atoms with E-state index in [-0.39, 0.29) is 16.9 Å². The van der Waals surface area contributed by atoms with E-state index < -0.39 is 17.7 Å². The van der Waals surface area contributed by atoms with E-state index in [0.717, 1.165) is 0 Å². The second-order valence-corrected chi connectivity index (χ2v) is 5.24. The highest BCUT2D eigenvalue weighted by Crippen LogP contribution is 2.38. The van der Waals surface area contributed by atoms with Crippen LogP contribution in [0.5, 0.6) is 0 Å². The van der Waals surface area contributed by atoms with Crippen LogP contribution < -0.4 is 5.63 Å². The molecule has 0 bridgehead atoms. The van der Waals surface area contributed by atoms with Crippen LogP contribution in [0.3, 0.4) is 0 Å². The molecule has 112 valence electrons. The molecule has 1 aliphatic carbocycles. The Morgan fingerprint density at radius 3 is 2.59 bits per heavy atom. The number of aryl methyl sites for hydroxylation is 1. The molecule has 22 heavy (non-hydrogen) atoms. The molecule has 1 atom stereocenters. The van der Waals surface area contributed by atoms with Gasteiger partial charge in [0.25, 0.3) is 0 Å². The number of hydrogen-bond acceptors (Lipinski definition) is 4. The highest BCUT2D eigenvalue weighted by molar-refractivity contribution is 5.94. The van der Waals surface area contributed by atoms with Crippen molar-refractivity contribution in [3.63, 3.8) is 0 Å². The molecule has 1 unspecified atom stereocenters. The van der Waals surface area contributed by atoms with E-state index in [2.05, 4.69) is 0 Å². The number of fused-ring (bicyclic) bond motifs is 1. The van der Waals surface area contributed by atoms with Crippen molar-refractivity contribution < 1.29 is 19.4 Å². The molecule has 5 heteroatoms. The monoisotopic (exact) mass is 298 g/mol. The lowest BCUT2D eigenvalue weighted by atomic mass is 9.94. The van der Waals surface area contributed by atoms with Crippen molar-refractivity contribution in [1.29, 1.82) is 0 Å². The Balaban J connectivity index is 2.32. The summed E-state index contributed by atoms with van der Waals surface area (Å²) in [6.07, 6.45) is 0.727. The van der Waals surface area contributed by atoms with Crippen LogP contribution in [-0.2, 0) is 0 Å². The number of rotatable bonds is 2. The van der Waals surface area contributed by atoms with E-state index in [0.29, 0.717) is 22.3 Å². The zero-order chi connectivity index (χ0) is 16.0. The third-order valence-electron chi connectivity index (χ3n) is 3.93. The van der Waals surface area contributed by atoms with Crippen LogP contribution in [0.4, 0.5) is 0 Å². The van der Waals surface area contributed by atoms with Crippen LogP contribution >= 0.6 is 0 Å². The molecule has 0 amide bonds. The average molecular weight is 298 g/mol. The van der Waals surface area contributed by atoms with Crippen LogP contribution in [0, 0.1) is 13.8 Å². The normalized spacial score (nSPS) is 16.3. The molecular weight excluding hydrogens is 284 g/mol. The zero-order valence-electron chi connectivity index (χ0n) is 12.1. The van der Waals surface area contributed by atoms with Gasteiger partial charge in [-0.25, -0.2) is 9.59 Å². The zero-order valence-corrected chi connectivity index (χ0v) is 12.1. The summed E-state index contributed by atoms with van der Waals surface area (Å²) in [4.78, 5) is 23.7. The summed E-state index contributed by atoms with van der Waals surface area (Å²) in [6, 6.07) is 7.16. The summed E-state index contributed by atoms with van der Waals surface area (Å²) in [6.45, 7) is 3.03. The predicted octanol–water partition coefficient (Wildman–Crippen LogP) is 2.43. The summed E-state index contributed by atoms with van der Waals surface area (Å²) in [5, 5.41) is 19.4. The first kappa shape index (κ1) is 14.3. The van der Waals surface area contributed by atoms with E-state index >= 15 is 0 Å². The number of aromatic carboxylic acids is 1. The Bertz CT molecular complexity index is 873. The average Bonchev–Trinajstić information content (AvgIpc) is 2.76. The topological polar surface area (TPSA) is 87.7 Å². The maximum atomic E-state index is 12.3. The molecule has 3 rings (SSSR count). The quantitative estimate of drug-likeness (QED) is 0.889. The van der Waals surface area contributed by atoms with Gasteiger partial charge in [-0.3, -0.25) is 0 Å². The maximum absolute atomic E-state index is 12.3. The number of carbonyl (C=O) groups is 1. The van der Waals surface area contributed by atoms with Gasteiger partial charge in [0.05, 0.1) is 11.7 Å². The van der Waals surface area contributed by atoms with Gasteiger partial charge in [-0.15, -0.1) is 0 Å². The second kappa shape index (κ2) is 4.96. The van der Waals surface area contributed by atoms with E-state index in [9.17, 15) is 19.8 Å². The van der Waals surface area contributed by atoms with Crippen molar-refractivity contribution in [3.05, 3.63) is 74.3 Å². The van der Waals surface area contributed by atoms with Gasteiger partial charge >= 0.3 is 11.6 Å². The molecule has 1 heterocycles. The Kier molecular flexibility index (Phi) is 3.22. The van der Waals surface area contributed by atoms with Gasteiger partial charge in [0.2, 0.25) is 0 Å². The fourth-order valence-electron chi connectivity index (χ4n) is 2.96. The van der Waals surface area contributed by atoms with Crippen molar-refractivity contribution in [3.8, 4) is 0 Å². The Labute approximate surface area is 126 Å². The van der Waals surface area contributed by atoms with Crippen molar-refractivity contribution in [1.82, 2.24) is 0 Å². The highest BCUT2D eigenvalue weighted by atomic mass is 16.4. The minimum atomic E-state index is -1.15. The van der Waals surface area contributed by atoms with Gasteiger partial charge in [0.1, 0.15) is 11.3 Å². The highest BCUT2D eigenvalue weighted by Gasteiger charge is 2.28. The van der Waals surface area contributed by atoms with Crippen molar-refractivity contribution in [2.45, 2.75) is 20.0 Å². The van der Waals surface area contributed by atoms with Crippen LogP contribution in [0.2, 0.25) is 0 Å². The van der Waals surface area contributed by atoms with Crippen molar-refractivity contribution in [2.24, 2.45) is 0 Å². The number of carboxylic acid groups (broad SMARTS) is 1. The molecular formula is C17H14O5. The van der Waals surface area contributed by atoms with Gasteiger partial charge in [0.15, 0.2) is 0 Å². The van der Waals surface area contributed by atoms with Crippen LogP contribution in [0.25, 0.3) is 5.57 Å². The molecule has 1 aromatic heterocycles. The second-order valence-electron chi connectivity index (χ2n) is 5.24. The minimum Gasteiger partial charge on any atom is -0.478 e. The van der Waals surface area contributed by atoms with Crippen molar-refractivity contribution in [2.75, 3.05) is 0 Å². The van der Waals surface area contributed by atoms with Gasteiger partial charge in [-0.1, -0.05) is 24.3 Å². The lowest BCUT2D eigenvalue weighted by Crippen LogP contribution is -2.16. The van der Waals surface area contributed by atoms with E-state index in [4.69, 9.17) is 4.42 Å². The van der Waals surface area contributed by atoms with E-state index in [1.165, 1.54) is 6.92 Å². The smallest absolute Gasteiger partial charge is 0.344 e. The lowest BCUT2D eigenvalue weighted by molar-refractivity contribution is 0.0691. The Hall–Kier alpha value is -2.66. The van der Waals surface area contributed by atoms with E-state index in [1.54, 1.807) is 37.3 Å². The molecule has 1 aromatic carbocycles. The summed E-state index contributed by atoms with van der Waals surface area (Å²) in [5.41, 5.74) is 1.82. The summed E-state index contributed by atoms with van der Waals surface area (Å²) < 4.78 is 5.09. The molecule has 2 N–H and O–H groups in total. The Morgan fingerprint density at radius 1 is 1.23 bits per heavy atom. The molecule has 1 aliphatic rings. The summed E-state index contributed by atoms with van der Waals surface area (Å²) >= 11 is 0. The minimum absolute atomic E-state index is 0.0191. The van der Waals surface area contributed by atoms with Crippen LogP contribution in [0.1, 0.15) is 44.5 Å². The SMILES string of the molecule is Cc1oc(=O)c(C2=CC(O)c3ccccc32)c(C)c1C(=O)O. The molecule has 0 fully saturated rings. The first-order chi connectivity index (χ1) is 10.4. The van der Waals surface area contributed by atoms with Gasteiger partial charge in [-0.2, -0.15) is 0 Å². The van der Waals surface area contributed by atoms with Gasteiger partial charge < -0.3 is 14.6 Å². The molecule has 0 saturated heterocycles. The molecule has 2 aromatic rings.